The lowest BCUT2D eigenvalue weighted by atomic mass is 10.1. The standard InChI is InChI=1S/C22H18N2O2S/c1-15-14-27-22(23-15)17-9-11-18(12-10-17)26-13-21(25)24-20-8-4-6-16-5-2-3-7-19(16)20/h2-12,14H,13H2,1H3,(H,24,25). The monoisotopic (exact) mass is 374 g/mol. The van der Waals surface area contributed by atoms with E-state index in [2.05, 4.69) is 10.3 Å². The van der Waals surface area contributed by atoms with Crippen LogP contribution in [0.15, 0.2) is 72.1 Å². The lowest BCUT2D eigenvalue weighted by molar-refractivity contribution is -0.118. The summed E-state index contributed by atoms with van der Waals surface area (Å²) in [6.07, 6.45) is 0. The number of anilines is 1. The average Bonchev–Trinajstić information content (AvgIpc) is 3.13. The minimum Gasteiger partial charge on any atom is -0.484 e. The molecule has 0 bridgehead atoms. The number of nitrogens with zero attached hydrogens (tertiary/aromatic N) is 1. The van der Waals surface area contributed by atoms with Crippen LogP contribution in [0.5, 0.6) is 5.75 Å². The number of aryl methyl sites for hydroxylation is 1. The number of amides is 1. The predicted molar refractivity (Wildman–Crippen MR) is 110 cm³/mol. The Morgan fingerprint density at radius 2 is 1.81 bits per heavy atom. The maximum absolute atomic E-state index is 12.3. The molecule has 1 heterocycles. The average molecular weight is 374 g/mol. The summed E-state index contributed by atoms with van der Waals surface area (Å²) in [5.41, 5.74) is 2.84. The number of ether oxygens (including phenoxy) is 1. The first-order valence-electron chi connectivity index (χ1n) is 8.62. The first kappa shape index (κ1) is 17.2. The van der Waals surface area contributed by atoms with Crippen molar-refractivity contribution in [1.82, 2.24) is 4.98 Å². The van der Waals surface area contributed by atoms with Crippen LogP contribution in [-0.2, 0) is 4.79 Å². The molecule has 1 amide bonds. The Bertz CT molecular complexity index is 1080. The van der Waals surface area contributed by atoms with Crippen molar-refractivity contribution in [3.05, 3.63) is 77.8 Å². The van der Waals surface area contributed by atoms with E-state index >= 15 is 0 Å². The highest BCUT2D eigenvalue weighted by Gasteiger charge is 2.07. The maximum atomic E-state index is 12.3. The molecule has 1 N–H and O–H groups in total. The summed E-state index contributed by atoms with van der Waals surface area (Å²) in [6, 6.07) is 21.4. The molecule has 0 unspecified atom stereocenters. The van der Waals surface area contributed by atoms with Crippen LogP contribution in [0.1, 0.15) is 5.69 Å². The van der Waals surface area contributed by atoms with Crippen LogP contribution in [0.25, 0.3) is 21.3 Å². The van der Waals surface area contributed by atoms with E-state index in [1.54, 1.807) is 11.3 Å². The molecule has 0 saturated heterocycles. The molecule has 0 fully saturated rings. The summed E-state index contributed by atoms with van der Waals surface area (Å²) in [6.45, 7) is 1.94. The third-order valence-electron chi connectivity index (χ3n) is 4.15. The molecular formula is C22H18N2O2S. The second kappa shape index (κ2) is 7.60. The Balaban J connectivity index is 1.39. The van der Waals surface area contributed by atoms with Crippen molar-refractivity contribution >= 4 is 33.7 Å². The first-order chi connectivity index (χ1) is 13.2. The molecule has 4 rings (SSSR count). The molecule has 4 nitrogen and oxygen atoms in total. The molecule has 0 aliphatic heterocycles. The lowest BCUT2D eigenvalue weighted by Gasteiger charge is -2.10. The molecule has 134 valence electrons. The van der Waals surface area contributed by atoms with Gasteiger partial charge in [0.05, 0.1) is 0 Å². The minimum absolute atomic E-state index is 0.0427. The van der Waals surface area contributed by atoms with E-state index in [-0.39, 0.29) is 12.5 Å². The fourth-order valence-electron chi connectivity index (χ4n) is 2.85. The first-order valence-corrected chi connectivity index (χ1v) is 9.50. The summed E-state index contributed by atoms with van der Waals surface area (Å²) in [4.78, 5) is 16.7. The fraction of sp³-hybridized carbons (Fsp3) is 0.0909. The van der Waals surface area contributed by atoms with Gasteiger partial charge in [0.25, 0.3) is 5.91 Å². The van der Waals surface area contributed by atoms with Crippen molar-refractivity contribution in [2.45, 2.75) is 6.92 Å². The molecule has 0 radical (unpaired) electrons. The second-order valence-corrected chi connectivity index (χ2v) is 7.04. The van der Waals surface area contributed by atoms with E-state index in [1.807, 2.05) is 79.0 Å². The number of carbonyl (C=O) groups is 1. The van der Waals surface area contributed by atoms with Crippen LogP contribution in [0.2, 0.25) is 0 Å². The maximum Gasteiger partial charge on any atom is 0.262 e. The van der Waals surface area contributed by atoms with Gasteiger partial charge in [0.1, 0.15) is 10.8 Å². The van der Waals surface area contributed by atoms with Crippen molar-refractivity contribution < 1.29 is 9.53 Å². The van der Waals surface area contributed by atoms with Crippen LogP contribution >= 0.6 is 11.3 Å². The van der Waals surface area contributed by atoms with E-state index in [0.717, 1.165) is 32.7 Å². The normalized spacial score (nSPS) is 10.7. The zero-order chi connectivity index (χ0) is 18.6. The molecule has 0 atom stereocenters. The number of carbonyl (C=O) groups excluding carboxylic acids is 1. The highest BCUT2D eigenvalue weighted by atomic mass is 32.1. The molecule has 1 aromatic heterocycles. The topological polar surface area (TPSA) is 51.2 Å². The number of rotatable bonds is 5. The number of fused-ring (bicyclic) bond motifs is 1. The number of nitrogens with one attached hydrogen (secondary N) is 1. The quantitative estimate of drug-likeness (QED) is 0.516. The molecule has 27 heavy (non-hydrogen) atoms. The van der Waals surface area contributed by atoms with Crippen molar-refractivity contribution in [2.24, 2.45) is 0 Å². The summed E-state index contributed by atoms with van der Waals surface area (Å²) in [5.74, 6) is 0.464. The molecular weight excluding hydrogens is 356 g/mol. The van der Waals surface area contributed by atoms with E-state index in [9.17, 15) is 4.79 Å². The van der Waals surface area contributed by atoms with Crippen molar-refractivity contribution in [2.75, 3.05) is 11.9 Å². The van der Waals surface area contributed by atoms with E-state index in [0.29, 0.717) is 5.75 Å². The van der Waals surface area contributed by atoms with Gasteiger partial charge >= 0.3 is 0 Å². The van der Waals surface area contributed by atoms with E-state index in [1.165, 1.54) is 0 Å². The SMILES string of the molecule is Cc1csc(-c2ccc(OCC(=O)Nc3cccc4ccccc34)cc2)n1. The van der Waals surface area contributed by atoms with Gasteiger partial charge in [0.15, 0.2) is 6.61 Å². The van der Waals surface area contributed by atoms with E-state index < -0.39 is 0 Å². The van der Waals surface area contributed by atoms with Gasteiger partial charge in [0, 0.05) is 27.7 Å². The van der Waals surface area contributed by atoms with Crippen LogP contribution in [0.4, 0.5) is 5.69 Å². The number of thiazole rings is 1. The van der Waals surface area contributed by atoms with Gasteiger partial charge < -0.3 is 10.1 Å². The third kappa shape index (κ3) is 3.99. The highest BCUT2D eigenvalue weighted by molar-refractivity contribution is 7.13. The Morgan fingerprint density at radius 3 is 2.59 bits per heavy atom. The highest BCUT2D eigenvalue weighted by Crippen LogP contribution is 2.26. The fourth-order valence-corrected chi connectivity index (χ4v) is 3.65. The van der Waals surface area contributed by atoms with Gasteiger partial charge in [-0.3, -0.25) is 4.79 Å². The van der Waals surface area contributed by atoms with Gasteiger partial charge in [-0.1, -0.05) is 36.4 Å². The van der Waals surface area contributed by atoms with Gasteiger partial charge in [-0.15, -0.1) is 11.3 Å². The minimum atomic E-state index is -0.189. The summed E-state index contributed by atoms with van der Waals surface area (Å²) < 4.78 is 5.62. The van der Waals surface area contributed by atoms with Gasteiger partial charge in [-0.2, -0.15) is 0 Å². The van der Waals surface area contributed by atoms with Crippen LogP contribution < -0.4 is 10.1 Å². The Kier molecular flexibility index (Phi) is 4.85. The predicted octanol–water partition coefficient (Wildman–Crippen LogP) is 5.29. The largest absolute Gasteiger partial charge is 0.484 e. The zero-order valence-electron chi connectivity index (χ0n) is 14.8. The zero-order valence-corrected chi connectivity index (χ0v) is 15.6. The number of hydrogen-bond donors (Lipinski definition) is 1. The number of aromatic nitrogens is 1. The second-order valence-electron chi connectivity index (χ2n) is 6.18. The van der Waals surface area contributed by atoms with E-state index in [4.69, 9.17) is 4.74 Å². The molecule has 4 aromatic rings. The molecule has 0 aliphatic rings. The van der Waals surface area contributed by atoms with Crippen LogP contribution in [0.3, 0.4) is 0 Å². The van der Waals surface area contributed by atoms with Crippen LogP contribution in [0, 0.1) is 6.92 Å². The lowest BCUT2D eigenvalue weighted by Crippen LogP contribution is -2.20. The number of hydrogen-bond acceptors (Lipinski definition) is 4. The molecule has 0 saturated carbocycles. The molecule has 0 aliphatic carbocycles. The number of benzene rings is 3. The van der Waals surface area contributed by atoms with Crippen molar-refractivity contribution in [1.29, 1.82) is 0 Å². The third-order valence-corrected chi connectivity index (χ3v) is 5.16. The summed E-state index contributed by atoms with van der Waals surface area (Å²) in [7, 11) is 0. The van der Waals surface area contributed by atoms with Crippen LogP contribution in [-0.4, -0.2) is 17.5 Å². The Hall–Kier alpha value is -3.18. The van der Waals surface area contributed by atoms with Crippen molar-refractivity contribution in [3.8, 4) is 16.3 Å². The van der Waals surface area contributed by atoms with Gasteiger partial charge in [0.2, 0.25) is 0 Å². The molecule has 0 spiro atoms. The molecule has 3 aromatic carbocycles. The van der Waals surface area contributed by atoms with Crippen molar-refractivity contribution in [3.63, 3.8) is 0 Å². The van der Waals surface area contributed by atoms with Gasteiger partial charge in [-0.05, 0) is 42.6 Å². The Labute approximate surface area is 161 Å². The van der Waals surface area contributed by atoms with Gasteiger partial charge in [-0.25, -0.2) is 4.98 Å². The Morgan fingerprint density at radius 1 is 1.04 bits per heavy atom. The summed E-state index contributed by atoms with van der Waals surface area (Å²) >= 11 is 1.61. The summed E-state index contributed by atoms with van der Waals surface area (Å²) in [5, 5.41) is 8.03. The smallest absolute Gasteiger partial charge is 0.262 e. The molecule has 5 heteroatoms.